The van der Waals surface area contributed by atoms with Gasteiger partial charge in [0, 0.05) is 19.4 Å². The Morgan fingerprint density at radius 2 is 2.27 bits per heavy atom. The van der Waals surface area contributed by atoms with E-state index in [2.05, 4.69) is 5.32 Å². The monoisotopic (exact) mass is 213 g/mol. The highest BCUT2D eigenvalue weighted by atomic mass is 16.5. The summed E-state index contributed by atoms with van der Waals surface area (Å²) in [5.41, 5.74) is 0. The molecule has 0 bridgehead atoms. The van der Waals surface area contributed by atoms with E-state index in [1.807, 2.05) is 0 Å². The summed E-state index contributed by atoms with van der Waals surface area (Å²) in [6, 6.07) is 0.238. The highest BCUT2D eigenvalue weighted by Crippen LogP contribution is 2.40. The topological polar surface area (TPSA) is 47.6 Å². The van der Waals surface area contributed by atoms with Crippen LogP contribution in [0.25, 0.3) is 0 Å². The van der Waals surface area contributed by atoms with E-state index in [0.717, 1.165) is 12.5 Å². The second kappa shape index (κ2) is 4.94. The van der Waals surface area contributed by atoms with Gasteiger partial charge < -0.3 is 14.8 Å². The van der Waals surface area contributed by atoms with Crippen LogP contribution in [0.4, 0.5) is 0 Å². The maximum Gasteiger partial charge on any atom is 0.222 e. The molecule has 1 heterocycles. The summed E-state index contributed by atoms with van der Waals surface area (Å²) in [6.07, 6.45) is 3.06. The summed E-state index contributed by atoms with van der Waals surface area (Å²) in [5, 5.41) is 3.04. The quantitative estimate of drug-likeness (QED) is 0.726. The standard InChI is InChI=1S/C11H19NO3/c1-14-5-4-11(13)12-10-7-15-6-9(10)8-2-3-8/h8-10H,2-7H2,1H3,(H,12,13). The zero-order chi connectivity index (χ0) is 10.7. The molecule has 1 aliphatic carbocycles. The Labute approximate surface area is 90.3 Å². The molecule has 2 unspecified atom stereocenters. The first kappa shape index (κ1) is 10.9. The van der Waals surface area contributed by atoms with Gasteiger partial charge >= 0.3 is 0 Å². The van der Waals surface area contributed by atoms with E-state index in [1.54, 1.807) is 7.11 Å². The number of ether oxygens (including phenoxy) is 2. The molecule has 2 rings (SSSR count). The molecule has 4 heteroatoms. The molecule has 0 radical (unpaired) electrons. The predicted octanol–water partition coefficient (Wildman–Crippen LogP) is 0.564. The largest absolute Gasteiger partial charge is 0.384 e. The van der Waals surface area contributed by atoms with Crippen LogP contribution in [-0.4, -0.2) is 38.9 Å². The van der Waals surface area contributed by atoms with Crippen LogP contribution >= 0.6 is 0 Å². The van der Waals surface area contributed by atoms with Crippen LogP contribution in [0.2, 0.25) is 0 Å². The third kappa shape index (κ3) is 2.92. The molecule has 0 aromatic heterocycles. The van der Waals surface area contributed by atoms with E-state index in [4.69, 9.17) is 9.47 Å². The molecule has 1 saturated carbocycles. The first-order valence-corrected chi connectivity index (χ1v) is 5.67. The minimum Gasteiger partial charge on any atom is -0.384 e. The third-order valence-electron chi connectivity index (χ3n) is 3.23. The second-order valence-electron chi connectivity index (χ2n) is 4.46. The summed E-state index contributed by atoms with van der Waals surface area (Å²) >= 11 is 0. The van der Waals surface area contributed by atoms with E-state index in [1.165, 1.54) is 12.8 Å². The SMILES string of the molecule is COCCC(=O)NC1COCC1C1CC1. The molecule has 0 spiro atoms. The van der Waals surface area contributed by atoms with Crippen LogP contribution in [0, 0.1) is 11.8 Å². The van der Waals surface area contributed by atoms with Crippen LogP contribution in [0.5, 0.6) is 0 Å². The van der Waals surface area contributed by atoms with Gasteiger partial charge in [-0.15, -0.1) is 0 Å². The summed E-state index contributed by atoms with van der Waals surface area (Å²) in [5.74, 6) is 1.43. The maximum atomic E-state index is 11.5. The highest BCUT2D eigenvalue weighted by Gasteiger charge is 2.40. The minimum absolute atomic E-state index is 0.0815. The lowest BCUT2D eigenvalue weighted by atomic mass is 9.98. The number of hydrogen-bond acceptors (Lipinski definition) is 3. The van der Waals surface area contributed by atoms with Crippen molar-refractivity contribution in [2.45, 2.75) is 25.3 Å². The molecule has 2 fully saturated rings. The Morgan fingerprint density at radius 3 is 2.93 bits per heavy atom. The molecule has 1 N–H and O–H groups in total. The van der Waals surface area contributed by atoms with Crippen molar-refractivity contribution < 1.29 is 14.3 Å². The van der Waals surface area contributed by atoms with Crippen molar-refractivity contribution in [2.75, 3.05) is 26.9 Å². The number of hydrogen-bond donors (Lipinski definition) is 1. The number of nitrogens with one attached hydrogen (secondary N) is 1. The first-order valence-electron chi connectivity index (χ1n) is 5.67. The van der Waals surface area contributed by atoms with Gasteiger partial charge in [0.1, 0.15) is 0 Å². The van der Waals surface area contributed by atoms with Gasteiger partial charge in [-0.25, -0.2) is 0 Å². The average molecular weight is 213 g/mol. The molecule has 1 aliphatic heterocycles. The molecule has 1 amide bonds. The minimum atomic E-state index is 0.0815. The zero-order valence-electron chi connectivity index (χ0n) is 9.20. The van der Waals surface area contributed by atoms with Gasteiger partial charge in [0.15, 0.2) is 0 Å². The Morgan fingerprint density at radius 1 is 1.47 bits per heavy atom. The van der Waals surface area contributed by atoms with E-state index in [-0.39, 0.29) is 11.9 Å². The van der Waals surface area contributed by atoms with Crippen molar-refractivity contribution in [3.8, 4) is 0 Å². The van der Waals surface area contributed by atoms with Crippen LogP contribution in [0.15, 0.2) is 0 Å². The molecule has 4 nitrogen and oxygen atoms in total. The first-order chi connectivity index (χ1) is 7.31. The van der Waals surface area contributed by atoms with Crippen LogP contribution in [0.3, 0.4) is 0 Å². The third-order valence-corrected chi connectivity index (χ3v) is 3.23. The van der Waals surface area contributed by atoms with Crippen LogP contribution in [0.1, 0.15) is 19.3 Å². The molecule has 0 aromatic rings. The van der Waals surface area contributed by atoms with Crippen LogP contribution in [-0.2, 0) is 14.3 Å². The van der Waals surface area contributed by atoms with Crippen molar-refractivity contribution in [3.63, 3.8) is 0 Å². The lowest BCUT2D eigenvalue weighted by Crippen LogP contribution is -2.40. The summed E-state index contributed by atoms with van der Waals surface area (Å²) < 4.78 is 10.3. The van der Waals surface area contributed by atoms with E-state index in [0.29, 0.717) is 25.6 Å². The van der Waals surface area contributed by atoms with Gasteiger partial charge in [-0.05, 0) is 18.8 Å². The molecule has 2 atom stereocenters. The number of rotatable bonds is 5. The van der Waals surface area contributed by atoms with E-state index in [9.17, 15) is 4.79 Å². The van der Waals surface area contributed by atoms with Gasteiger partial charge in [-0.1, -0.05) is 0 Å². The van der Waals surface area contributed by atoms with Crippen molar-refractivity contribution in [2.24, 2.45) is 11.8 Å². The Kier molecular flexibility index (Phi) is 3.59. The average Bonchev–Trinajstić information content (AvgIpc) is 2.97. The lowest BCUT2D eigenvalue weighted by molar-refractivity contribution is -0.122. The van der Waals surface area contributed by atoms with Gasteiger partial charge in [0.2, 0.25) is 5.91 Å². The molecule has 0 aromatic carbocycles. The number of amides is 1. The second-order valence-corrected chi connectivity index (χ2v) is 4.46. The number of methoxy groups -OCH3 is 1. The Hall–Kier alpha value is -0.610. The molecule has 1 saturated heterocycles. The molecule has 86 valence electrons. The number of carbonyl (C=O) groups is 1. The van der Waals surface area contributed by atoms with E-state index >= 15 is 0 Å². The van der Waals surface area contributed by atoms with Crippen molar-refractivity contribution in [1.29, 1.82) is 0 Å². The van der Waals surface area contributed by atoms with Crippen LogP contribution < -0.4 is 5.32 Å². The Balaban J connectivity index is 1.74. The van der Waals surface area contributed by atoms with Crippen molar-refractivity contribution in [1.82, 2.24) is 5.32 Å². The summed E-state index contributed by atoms with van der Waals surface area (Å²) in [7, 11) is 1.61. The van der Waals surface area contributed by atoms with Gasteiger partial charge in [-0.3, -0.25) is 4.79 Å². The zero-order valence-corrected chi connectivity index (χ0v) is 9.20. The van der Waals surface area contributed by atoms with Crippen molar-refractivity contribution in [3.05, 3.63) is 0 Å². The smallest absolute Gasteiger partial charge is 0.222 e. The van der Waals surface area contributed by atoms with E-state index < -0.39 is 0 Å². The number of carbonyl (C=O) groups excluding carboxylic acids is 1. The molecule has 15 heavy (non-hydrogen) atoms. The van der Waals surface area contributed by atoms with Crippen molar-refractivity contribution >= 4 is 5.91 Å². The molecular weight excluding hydrogens is 194 g/mol. The fourth-order valence-corrected chi connectivity index (χ4v) is 2.18. The normalized spacial score (nSPS) is 30.5. The summed E-state index contributed by atoms with van der Waals surface area (Å²) in [6.45, 7) is 1.99. The highest BCUT2D eigenvalue weighted by molar-refractivity contribution is 5.76. The maximum absolute atomic E-state index is 11.5. The fraction of sp³-hybridized carbons (Fsp3) is 0.909. The van der Waals surface area contributed by atoms with Gasteiger partial charge in [0.05, 0.1) is 25.9 Å². The lowest BCUT2D eigenvalue weighted by Gasteiger charge is -2.18. The van der Waals surface area contributed by atoms with Gasteiger partial charge in [-0.2, -0.15) is 0 Å². The molecule has 2 aliphatic rings. The van der Waals surface area contributed by atoms with Gasteiger partial charge in [0.25, 0.3) is 0 Å². The predicted molar refractivity (Wildman–Crippen MR) is 55.5 cm³/mol. The Bertz CT molecular complexity index is 228. The fourth-order valence-electron chi connectivity index (χ4n) is 2.18. The molecular formula is C11H19NO3. The summed E-state index contributed by atoms with van der Waals surface area (Å²) in [4.78, 5) is 11.5.